The molecule has 0 N–H and O–H groups in total. The smallest absolute Gasteiger partial charge is 0.310 e. The van der Waals surface area contributed by atoms with E-state index in [0.717, 1.165) is 37.8 Å². The number of nitrogens with zero attached hydrogens (tertiary/aromatic N) is 1. The van der Waals surface area contributed by atoms with Crippen LogP contribution in [-0.2, 0) is 9.53 Å². The second-order valence-corrected chi connectivity index (χ2v) is 5.08. The van der Waals surface area contributed by atoms with Gasteiger partial charge in [-0.15, -0.1) is 0 Å². The highest BCUT2D eigenvalue weighted by Crippen LogP contribution is 2.18. The molecule has 1 saturated heterocycles. The van der Waals surface area contributed by atoms with Crippen LogP contribution in [0.2, 0.25) is 0 Å². The minimum absolute atomic E-state index is 0.00677. The van der Waals surface area contributed by atoms with Gasteiger partial charge in [0.2, 0.25) is 0 Å². The van der Waals surface area contributed by atoms with Gasteiger partial charge in [-0.25, -0.2) is 0 Å². The summed E-state index contributed by atoms with van der Waals surface area (Å²) in [6.45, 7) is 5.51. The first-order chi connectivity index (χ1) is 7.77. The van der Waals surface area contributed by atoms with Crippen LogP contribution in [0.3, 0.4) is 0 Å². The van der Waals surface area contributed by atoms with Gasteiger partial charge in [-0.3, -0.25) is 4.79 Å². The molecule has 1 aliphatic heterocycles. The van der Waals surface area contributed by atoms with Gasteiger partial charge in [0, 0.05) is 11.9 Å². The zero-order valence-corrected chi connectivity index (χ0v) is 11.7. The molecule has 0 aromatic rings. The number of piperidine rings is 1. The minimum Gasteiger partial charge on any atom is -0.466 e. The van der Waals surface area contributed by atoms with E-state index in [1.165, 1.54) is 12.8 Å². The predicted molar refractivity (Wildman–Crippen MR) is 68.8 cm³/mol. The summed E-state index contributed by atoms with van der Waals surface area (Å²) < 4.78 is 5.08. The first-order valence-electron chi connectivity index (χ1n) is 6.23. The largest absolute Gasteiger partial charge is 0.466 e. The van der Waals surface area contributed by atoms with Gasteiger partial charge in [-0.05, 0) is 45.7 Å². The van der Waals surface area contributed by atoms with Crippen molar-refractivity contribution in [3.8, 4) is 0 Å². The number of esters is 1. The molecule has 94 valence electrons. The standard InChI is InChI=1S/C12H22BrNO2/c1-2-16-12(15)11-6-5-9-14(10-11)8-4-3-7-13/h11H,2-10H2,1H3. The van der Waals surface area contributed by atoms with Crippen molar-refractivity contribution in [3.63, 3.8) is 0 Å². The van der Waals surface area contributed by atoms with Crippen LogP contribution in [0, 0.1) is 5.92 Å². The summed E-state index contributed by atoms with van der Waals surface area (Å²) >= 11 is 3.44. The Labute approximate surface area is 107 Å². The monoisotopic (exact) mass is 291 g/mol. The quantitative estimate of drug-likeness (QED) is 0.428. The van der Waals surface area contributed by atoms with Crippen LogP contribution in [-0.4, -0.2) is 42.4 Å². The zero-order valence-electron chi connectivity index (χ0n) is 10.1. The van der Waals surface area contributed by atoms with E-state index in [-0.39, 0.29) is 11.9 Å². The zero-order chi connectivity index (χ0) is 11.8. The number of hydrogen-bond acceptors (Lipinski definition) is 3. The van der Waals surface area contributed by atoms with Crippen LogP contribution < -0.4 is 0 Å². The molecule has 0 radical (unpaired) electrons. The fourth-order valence-corrected chi connectivity index (χ4v) is 2.54. The normalized spacial score (nSPS) is 22.0. The van der Waals surface area contributed by atoms with E-state index in [1.807, 2.05) is 6.92 Å². The van der Waals surface area contributed by atoms with Gasteiger partial charge in [0.15, 0.2) is 0 Å². The van der Waals surface area contributed by atoms with Crippen molar-refractivity contribution < 1.29 is 9.53 Å². The van der Waals surface area contributed by atoms with Crippen molar-refractivity contribution in [3.05, 3.63) is 0 Å². The molecule has 1 rings (SSSR count). The molecule has 1 aliphatic rings. The average molecular weight is 292 g/mol. The number of hydrogen-bond donors (Lipinski definition) is 0. The molecule has 0 amide bonds. The van der Waals surface area contributed by atoms with E-state index < -0.39 is 0 Å². The highest BCUT2D eigenvalue weighted by Gasteiger charge is 2.26. The fourth-order valence-electron chi connectivity index (χ4n) is 2.14. The lowest BCUT2D eigenvalue weighted by Crippen LogP contribution is -2.39. The Kier molecular flexibility index (Phi) is 7.05. The van der Waals surface area contributed by atoms with E-state index in [2.05, 4.69) is 20.8 Å². The van der Waals surface area contributed by atoms with Crippen LogP contribution in [0.4, 0.5) is 0 Å². The molecule has 3 nitrogen and oxygen atoms in total. The van der Waals surface area contributed by atoms with Crippen molar-refractivity contribution in [2.75, 3.05) is 31.6 Å². The molecular formula is C12H22BrNO2. The molecule has 1 atom stereocenters. The number of ether oxygens (including phenoxy) is 1. The molecule has 1 unspecified atom stereocenters. The van der Waals surface area contributed by atoms with Gasteiger partial charge in [0.25, 0.3) is 0 Å². The number of likely N-dealkylation sites (tertiary alicyclic amines) is 1. The molecule has 1 fully saturated rings. The Morgan fingerprint density at radius 3 is 3.00 bits per heavy atom. The van der Waals surface area contributed by atoms with Crippen molar-refractivity contribution in [1.82, 2.24) is 4.90 Å². The number of rotatable bonds is 6. The Bertz CT molecular complexity index is 211. The Hall–Kier alpha value is -0.0900. The van der Waals surface area contributed by atoms with E-state index in [4.69, 9.17) is 4.74 Å². The number of alkyl halides is 1. The van der Waals surface area contributed by atoms with Crippen LogP contribution in [0.5, 0.6) is 0 Å². The van der Waals surface area contributed by atoms with Gasteiger partial charge < -0.3 is 9.64 Å². The van der Waals surface area contributed by atoms with Gasteiger partial charge in [-0.1, -0.05) is 15.9 Å². The fraction of sp³-hybridized carbons (Fsp3) is 0.917. The summed E-state index contributed by atoms with van der Waals surface area (Å²) in [6.07, 6.45) is 4.53. The first kappa shape index (κ1) is 14.0. The molecule has 1 heterocycles. The highest BCUT2D eigenvalue weighted by atomic mass is 79.9. The highest BCUT2D eigenvalue weighted by molar-refractivity contribution is 9.09. The average Bonchev–Trinajstić information content (AvgIpc) is 2.30. The van der Waals surface area contributed by atoms with E-state index in [9.17, 15) is 4.79 Å². The van der Waals surface area contributed by atoms with Gasteiger partial charge in [0.05, 0.1) is 12.5 Å². The minimum atomic E-state index is -0.00677. The van der Waals surface area contributed by atoms with Gasteiger partial charge >= 0.3 is 5.97 Å². The maximum atomic E-state index is 11.6. The summed E-state index contributed by atoms with van der Waals surface area (Å²) in [4.78, 5) is 14.0. The van der Waals surface area contributed by atoms with E-state index in [1.54, 1.807) is 0 Å². The van der Waals surface area contributed by atoms with Crippen LogP contribution in [0.25, 0.3) is 0 Å². The van der Waals surface area contributed by atoms with E-state index >= 15 is 0 Å². The Morgan fingerprint density at radius 2 is 2.31 bits per heavy atom. The van der Waals surface area contributed by atoms with Crippen LogP contribution in [0.15, 0.2) is 0 Å². The Morgan fingerprint density at radius 1 is 1.50 bits per heavy atom. The summed E-state index contributed by atoms with van der Waals surface area (Å²) in [5, 5.41) is 1.07. The molecule has 0 spiro atoms. The second-order valence-electron chi connectivity index (χ2n) is 4.29. The maximum Gasteiger partial charge on any atom is 0.310 e. The topological polar surface area (TPSA) is 29.5 Å². The molecule has 0 saturated carbocycles. The van der Waals surface area contributed by atoms with Crippen molar-refractivity contribution in [2.24, 2.45) is 5.92 Å². The summed E-state index contributed by atoms with van der Waals surface area (Å²) in [6, 6.07) is 0. The molecule has 4 heteroatoms. The third-order valence-corrected chi connectivity index (χ3v) is 3.54. The number of unbranched alkanes of at least 4 members (excludes halogenated alkanes) is 1. The molecule has 16 heavy (non-hydrogen) atoms. The van der Waals surface area contributed by atoms with Gasteiger partial charge in [0.1, 0.15) is 0 Å². The Balaban J connectivity index is 2.26. The van der Waals surface area contributed by atoms with Gasteiger partial charge in [-0.2, -0.15) is 0 Å². The predicted octanol–water partition coefficient (Wildman–Crippen LogP) is 2.44. The SMILES string of the molecule is CCOC(=O)C1CCCN(CCCCBr)C1. The second kappa shape index (κ2) is 8.07. The lowest BCUT2D eigenvalue weighted by Gasteiger charge is -2.31. The van der Waals surface area contributed by atoms with Crippen molar-refractivity contribution >= 4 is 21.9 Å². The number of carbonyl (C=O) groups is 1. The lowest BCUT2D eigenvalue weighted by atomic mass is 9.98. The molecule has 0 aliphatic carbocycles. The van der Waals surface area contributed by atoms with E-state index in [0.29, 0.717) is 6.61 Å². The molecule has 0 aromatic carbocycles. The number of halogens is 1. The summed E-state index contributed by atoms with van der Waals surface area (Å²) in [5.41, 5.74) is 0. The summed E-state index contributed by atoms with van der Waals surface area (Å²) in [7, 11) is 0. The molecule has 0 bridgehead atoms. The van der Waals surface area contributed by atoms with Crippen LogP contribution >= 0.6 is 15.9 Å². The lowest BCUT2D eigenvalue weighted by molar-refractivity contribution is -0.149. The molecule has 0 aromatic heterocycles. The summed E-state index contributed by atoms with van der Waals surface area (Å²) in [5.74, 6) is 0.102. The molecular weight excluding hydrogens is 270 g/mol. The number of carbonyl (C=O) groups excluding carboxylic acids is 1. The van der Waals surface area contributed by atoms with Crippen LogP contribution in [0.1, 0.15) is 32.6 Å². The maximum absolute atomic E-state index is 11.6. The third kappa shape index (κ3) is 4.83. The van der Waals surface area contributed by atoms with Crippen molar-refractivity contribution in [1.29, 1.82) is 0 Å². The van der Waals surface area contributed by atoms with Crippen molar-refractivity contribution in [2.45, 2.75) is 32.6 Å². The third-order valence-electron chi connectivity index (χ3n) is 2.98. The first-order valence-corrected chi connectivity index (χ1v) is 7.35.